The fourth-order valence-electron chi connectivity index (χ4n) is 3.35. The summed E-state index contributed by atoms with van der Waals surface area (Å²) in [6.45, 7) is 3.69. The van der Waals surface area contributed by atoms with E-state index in [1.54, 1.807) is 12.1 Å². The zero-order chi connectivity index (χ0) is 25.5. The number of benzene rings is 2. The van der Waals surface area contributed by atoms with Gasteiger partial charge in [-0.15, -0.1) is 11.6 Å². The highest BCUT2D eigenvalue weighted by molar-refractivity contribution is 6.17. The molecule has 0 aliphatic heterocycles. The lowest BCUT2D eigenvalue weighted by Gasteiger charge is -2.12. The number of aliphatic hydroxyl groups is 1. The number of nitriles is 1. The molecule has 3 rings (SSSR count). The second kappa shape index (κ2) is 15.6. The number of ether oxygens (including phenoxy) is 1. The first-order chi connectivity index (χ1) is 16.5. The van der Waals surface area contributed by atoms with Crippen LogP contribution in [0, 0.1) is 11.3 Å². The van der Waals surface area contributed by atoms with Crippen LogP contribution in [0.15, 0.2) is 42.5 Å². The number of anilines is 1. The number of carbonyl (C=O) groups excluding carboxylic acids is 1. The van der Waals surface area contributed by atoms with Crippen molar-refractivity contribution in [3.8, 4) is 23.1 Å². The van der Waals surface area contributed by atoms with Crippen LogP contribution in [0.3, 0.4) is 0 Å². The Balaban J connectivity index is 0.000000733. The molecule has 0 spiro atoms. The number of unbranched alkanes of at least 4 members (excludes halogenated alkanes) is 1. The largest absolute Gasteiger partial charge is 0.435 e. The Hall–Kier alpha value is -3.15. The number of halogens is 3. The second-order valence-electron chi connectivity index (χ2n) is 7.00. The molecule has 0 saturated carbocycles. The summed E-state index contributed by atoms with van der Waals surface area (Å²) in [6.07, 6.45) is 3.18. The highest BCUT2D eigenvalue weighted by atomic mass is 35.5. The van der Waals surface area contributed by atoms with E-state index >= 15 is 0 Å². The summed E-state index contributed by atoms with van der Waals surface area (Å²) < 4.78 is 31.6. The van der Waals surface area contributed by atoms with Crippen molar-refractivity contribution in [2.24, 2.45) is 0 Å². The van der Waals surface area contributed by atoms with Crippen molar-refractivity contribution in [3.63, 3.8) is 0 Å². The van der Waals surface area contributed by atoms with Crippen LogP contribution >= 0.6 is 11.6 Å². The molecule has 0 atom stereocenters. The van der Waals surface area contributed by atoms with Gasteiger partial charge in [0.05, 0.1) is 16.8 Å². The van der Waals surface area contributed by atoms with Gasteiger partial charge in [-0.05, 0) is 42.7 Å². The lowest BCUT2D eigenvalue weighted by molar-refractivity contribution is -0.0980. The highest BCUT2D eigenvalue weighted by Gasteiger charge is 2.19. The molecule has 184 valence electrons. The summed E-state index contributed by atoms with van der Waals surface area (Å²) in [6, 6.07) is 14.2. The normalized spacial score (nSPS) is 10.1. The molecule has 2 N–H and O–H groups in total. The lowest BCUT2D eigenvalue weighted by atomic mass is 10.1. The smallest absolute Gasteiger partial charge is 0.387 e. The van der Waals surface area contributed by atoms with E-state index in [0.29, 0.717) is 23.0 Å². The SMILES string of the molecule is C=O.CCCCCl.CCCn1c(-c2ccc(NCO)cc2)c(C#N)c2ccc(OC(F)F)cc21. The fourth-order valence-corrected chi connectivity index (χ4v) is 3.61. The van der Waals surface area contributed by atoms with Crippen LogP contribution in [0.2, 0.25) is 0 Å². The molecular weight excluding hydrogens is 464 g/mol. The van der Waals surface area contributed by atoms with E-state index in [1.807, 2.05) is 42.5 Å². The molecule has 34 heavy (non-hydrogen) atoms. The minimum Gasteiger partial charge on any atom is -0.435 e. The number of aromatic nitrogens is 1. The van der Waals surface area contributed by atoms with E-state index in [4.69, 9.17) is 21.5 Å². The van der Waals surface area contributed by atoms with Crippen molar-refractivity contribution in [1.82, 2.24) is 4.57 Å². The molecule has 0 fully saturated rings. The molecule has 1 aromatic heterocycles. The topological polar surface area (TPSA) is 87.3 Å². The Labute approximate surface area is 203 Å². The zero-order valence-electron chi connectivity index (χ0n) is 19.4. The maximum absolute atomic E-state index is 12.6. The first-order valence-electron chi connectivity index (χ1n) is 10.8. The van der Waals surface area contributed by atoms with E-state index in [9.17, 15) is 14.0 Å². The number of rotatable bonds is 9. The standard InChI is InChI=1S/C20H19F2N3O2.C4H9Cl.CH2O/c1-2-9-25-18-10-15(27-20(21)22)7-8-16(18)17(11-23)19(25)13-3-5-14(6-4-13)24-12-26;1-2-3-4-5;1-2/h3-8,10,20,24,26H,2,9,12H2,1H3;2-4H2,1H3;1H2. The lowest BCUT2D eigenvalue weighted by Crippen LogP contribution is -2.03. The molecule has 6 nitrogen and oxygen atoms in total. The van der Waals surface area contributed by atoms with Crippen molar-refractivity contribution in [2.45, 2.75) is 46.3 Å². The van der Waals surface area contributed by atoms with Crippen LogP contribution < -0.4 is 10.1 Å². The molecule has 1 heterocycles. The Kier molecular flexibility index (Phi) is 13.3. The Morgan fingerprint density at radius 2 is 1.85 bits per heavy atom. The summed E-state index contributed by atoms with van der Waals surface area (Å²) in [5.41, 5.74) is 3.49. The predicted octanol–water partition coefficient (Wildman–Crippen LogP) is 6.39. The van der Waals surface area contributed by atoms with Crippen molar-refractivity contribution < 1.29 is 23.4 Å². The number of aliphatic hydroxyl groups excluding tert-OH is 1. The molecule has 0 unspecified atom stereocenters. The number of nitrogens with zero attached hydrogens (tertiary/aromatic N) is 2. The Morgan fingerprint density at radius 1 is 1.18 bits per heavy atom. The molecule has 2 aromatic carbocycles. The summed E-state index contributed by atoms with van der Waals surface area (Å²) in [5, 5.41) is 22.2. The third-order valence-corrected chi connectivity index (χ3v) is 5.02. The van der Waals surface area contributed by atoms with Crippen LogP contribution in [0.4, 0.5) is 14.5 Å². The molecule has 9 heteroatoms. The van der Waals surface area contributed by atoms with Gasteiger partial charge in [0.15, 0.2) is 0 Å². The second-order valence-corrected chi connectivity index (χ2v) is 7.38. The first-order valence-corrected chi connectivity index (χ1v) is 11.3. The van der Waals surface area contributed by atoms with E-state index in [0.717, 1.165) is 35.7 Å². The van der Waals surface area contributed by atoms with Crippen LogP contribution in [-0.4, -0.2) is 35.7 Å². The Bertz CT molecular complexity index is 1050. The number of nitrogens with one attached hydrogen (secondary N) is 1. The van der Waals surface area contributed by atoms with Crippen LogP contribution in [0.25, 0.3) is 22.2 Å². The maximum Gasteiger partial charge on any atom is 0.387 e. The van der Waals surface area contributed by atoms with Crippen molar-refractivity contribution in [3.05, 3.63) is 48.0 Å². The zero-order valence-corrected chi connectivity index (χ0v) is 20.1. The minimum atomic E-state index is -2.90. The van der Waals surface area contributed by atoms with Crippen molar-refractivity contribution >= 4 is 35.0 Å². The third kappa shape index (κ3) is 7.72. The van der Waals surface area contributed by atoms with Crippen molar-refractivity contribution in [1.29, 1.82) is 5.26 Å². The van der Waals surface area contributed by atoms with Crippen LogP contribution in [0.5, 0.6) is 5.75 Å². The molecular formula is C25H30ClF2N3O3. The van der Waals surface area contributed by atoms with Gasteiger partial charge in [0.2, 0.25) is 0 Å². The summed E-state index contributed by atoms with van der Waals surface area (Å²) in [5.74, 6) is 0.877. The van der Waals surface area contributed by atoms with Crippen molar-refractivity contribution in [2.75, 3.05) is 17.9 Å². The van der Waals surface area contributed by atoms with E-state index in [2.05, 4.69) is 23.0 Å². The Morgan fingerprint density at radius 3 is 2.32 bits per heavy atom. The van der Waals surface area contributed by atoms with E-state index < -0.39 is 6.61 Å². The number of hydrogen-bond donors (Lipinski definition) is 2. The van der Waals surface area contributed by atoms with Gasteiger partial charge in [0.1, 0.15) is 25.3 Å². The average molecular weight is 494 g/mol. The maximum atomic E-state index is 12.6. The minimum absolute atomic E-state index is 0.0610. The van der Waals surface area contributed by atoms with E-state index in [1.165, 1.54) is 12.5 Å². The molecule has 0 aliphatic carbocycles. The molecule has 3 aromatic rings. The monoisotopic (exact) mass is 493 g/mol. The van der Waals surface area contributed by atoms with Crippen LogP contribution in [0.1, 0.15) is 38.7 Å². The summed E-state index contributed by atoms with van der Waals surface area (Å²) in [7, 11) is 0. The van der Waals surface area contributed by atoms with Gasteiger partial charge in [-0.2, -0.15) is 14.0 Å². The van der Waals surface area contributed by atoms with Gasteiger partial charge < -0.3 is 24.5 Å². The molecule has 0 aliphatic rings. The number of aryl methyl sites for hydroxylation is 1. The van der Waals surface area contributed by atoms with Gasteiger partial charge in [0.25, 0.3) is 0 Å². The predicted molar refractivity (Wildman–Crippen MR) is 132 cm³/mol. The first kappa shape index (κ1) is 28.9. The molecule has 0 bridgehead atoms. The number of hydrogen-bond acceptors (Lipinski definition) is 5. The van der Waals surface area contributed by atoms with Crippen LogP contribution in [-0.2, 0) is 11.3 Å². The fraction of sp³-hybridized carbons (Fsp3) is 0.360. The summed E-state index contributed by atoms with van der Waals surface area (Å²) >= 11 is 5.30. The number of carbonyl (C=O) groups is 1. The third-order valence-electron chi connectivity index (χ3n) is 4.75. The number of alkyl halides is 3. The van der Waals surface area contributed by atoms with Gasteiger partial charge in [0, 0.05) is 29.6 Å². The van der Waals surface area contributed by atoms with Gasteiger partial charge >= 0.3 is 6.61 Å². The number of fused-ring (bicyclic) bond motifs is 1. The van der Waals surface area contributed by atoms with Gasteiger partial charge in [-0.3, -0.25) is 0 Å². The molecule has 0 saturated heterocycles. The quantitative estimate of drug-likeness (QED) is 0.266. The molecule has 0 radical (unpaired) electrons. The molecule has 0 amide bonds. The average Bonchev–Trinajstić information content (AvgIpc) is 3.14. The van der Waals surface area contributed by atoms with Gasteiger partial charge in [-0.1, -0.05) is 32.4 Å². The van der Waals surface area contributed by atoms with Gasteiger partial charge in [-0.25, -0.2) is 0 Å². The van der Waals surface area contributed by atoms with E-state index in [-0.39, 0.29) is 12.5 Å². The highest BCUT2D eigenvalue weighted by Crippen LogP contribution is 2.36. The summed E-state index contributed by atoms with van der Waals surface area (Å²) in [4.78, 5) is 8.00.